The molecule has 0 aliphatic rings. The molecule has 0 spiro atoms. The van der Waals surface area contributed by atoms with Gasteiger partial charge in [0.1, 0.15) is 0 Å². The molecule has 5 heteroatoms. The standard InChI is InChI=1S/C10H8Br2F2O/c11-2-1-9(15)6-3-7(10(13)14)5-8(12)4-6/h3-5,10H,1-2H2. The fourth-order valence-electron chi connectivity index (χ4n) is 1.13. The van der Waals surface area contributed by atoms with Crippen molar-refractivity contribution in [1.29, 1.82) is 0 Å². The molecule has 0 radical (unpaired) electrons. The summed E-state index contributed by atoms with van der Waals surface area (Å²) in [6, 6.07) is 4.10. The Bertz CT molecular complexity index is 366. The quantitative estimate of drug-likeness (QED) is 0.587. The SMILES string of the molecule is O=C(CCBr)c1cc(Br)cc(C(F)F)c1. The van der Waals surface area contributed by atoms with Crippen LogP contribution >= 0.6 is 31.9 Å². The number of hydrogen-bond acceptors (Lipinski definition) is 1. The zero-order chi connectivity index (χ0) is 11.4. The van der Waals surface area contributed by atoms with Gasteiger partial charge in [0.05, 0.1) is 0 Å². The topological polar surface area (TPSA) is 17.1 Å². The van der Waals surface area contributed by atoms with E-state index in [4.69, 9.17) is 0 Å². The van der Waals surface area contributed by atoms with Crippen LogP contribution in [0.25, 0.3) is 0 Å². The summed E-state index contributed by atoms with van der Waals surface area (Å²) in [6.45, 7) is 0. The van der Waals surface area contributed by atoms with Crippen LogP contribution in [0.15, 0.2) is 22.7 Å². The smallest absolute Gasteiger partial charge is 0.263 e. The summed E-state index contributed by atoms with van der Waals surface area (Å²) in [7, 11) is 0. The van der Waals surface area contributed by atoms with E-state index in [0.717, 1.165) is 0 Å². The normalized spacial score (nSPS) is 10.7. The average Bonchev–Trinajstić information content (AvgIpc) is 2.17. The van der Waals surface area contributed by atoms with Crippen molar-refractivity contribution in [3.63, 3.8) is 0 Å². The predicted octanol–water partition coefficient (Wildman–Crippen LogP) is 4.35. The van der Waals surface area contributed by atoms with Gasteiger partial charge in [-0.05, 0) is 18.2 Å². The van der Waals surface area contributed by atoms with Gasteiger partial charge in [0, 0.05) is 27.4 Å². The van der Waals surface area contributed by atoms with Gasteiger partial charge in [-0.3, -0.25) is 4.79 Å². The molecule has 0 aromatic heterocycles. The lowest BCUT2D eigenvalue weighted by Gasteiger charge is -2.04. The third-order valence-electron chi connectivity index (χ3n) is 1.82. The van der Waals surface area contributed by atoms with Crippen LogP contribution in [0.5, 0.6) is 0 Å². The number of halogens is 4. The molecule has 0 saturated carbocycles. The molecule has 0 saturated heterocycles. The average molecular weight is 342 g/mol. The molecule has 0 aliphatic heterocycles. The fourth-order valence-corrected chi connectivity index (χ4v) is 2.00. The van der Waals surface area contributed by atoms with E-state index in [1.807, 2.05) is 0 Å². The summed E-state index contributed by atoms with van der Waals surface area (Å²) in [5, 5.41) is 0.530. The summed E-state index contributed by atoms with van der Waals surface area (Å²) < 4.78 is 25.4. The number of rotatable bonds is 4. The first-order valence-corrected chi connectivity index (χ1v) is 6.14. The maximum atomic E-state index is 12.4. The maximum Gasteiger partial charge on any atom is 0.263 e. The molecule has 0 N–H and O–H groups in total. The van der Waals surface area contributed by atoms with E-state index in [0.29, 0.717) is 21.8 Å². The molecule has 0 amide bonds. The monoisotopic (exact) mass is 340 g/mol. The number of Topliss-reactive ketones (excluding diaryl/α,β-unsaturated/α-hetero) is 1. The Labute approximate surface area is 103 Å². The molecule has 0 fully saturated rings. The van der Waals surface area contributed by atoms with Crippen molar-refractivity contribution < 1.29 is 13.6 Å². The predicted molar refractivity (Wildman–Crippen MR) is 61.8 cm³/mol. The summed E-state index contributed by atoms with van der Waals surface area (Å²) in [4.78, 5) is 11.5. The number of hydrogen-bond donors (Lipinski definition) is 0. The third-order valence-corrected chi connectivity index (χ3v) is 2.67. The summed E-state index contributed by atoms with van der Waals surface area (Å²) in [6.07, 6.45) is -2.25. The Hall–Kier alpha value is -0.290. The highest BCUT2D eigenvalue weighted by molar-refractivity contribution is 9.10. The van der Waals surface area contributed by atoms with Crippen molar-refractivity contribution >= 4 is 37.6 Å². The van der Waals surface area contributed by atoms with Crippen molar-refractivity contribution in [2.45, 2.75) is 12.8 Å². The molecule has 82 valence electrons. The van der Waals surface area contributed by atoms with Crippen LogP contribution in [0, 0.1) is 0 Å². The van der Waals surface area contributed by atoms with Gasteiger partial charge in [-0.15, -0.1) is 0 Å². The molecule has 0 heterocycles. The molecule has 1 nitrogen and oxygen atoms in total. The highest BCUT2D eigenvalue weighted by atomic mass is 79.9. The number of carbonyl (C=O) groups excluding carboxylic acids is 1. The minimum atomic E-state index is -2.56. The van der Waals surface area contributed by atoms with Gasteiger partial charge in [-0.25, -0.2) is 8.78 Å². The molecular formula is C10H8Br2F2O. The van der Waals surface area contributed by atoms with E-state index < -0.39 is 6.43 Å². The molecule has 1 rings (SSSR count). The Morgan fingerprint density at radius 2 is 2.00 bits per heavy atom. The molecule has 0 bridgehead atoms. The second-order valence-electron chi connectivity index (χ2n) is 2.94. The van der Waals surface area contributed by atoms with Crippen LogP contribution in [0.2, 0.25) is 0 Å². The Morgan fingerprint density at radius 1 is 1.33 bits per heavy atom. The molecule has 0 atom stereocenters. The first kappa shape index (κ1) is 12.8. The van der Waals surface area contributed by atoms with E-state index in [2.05, 4.69) is 31.9 Å². The lowest BCUT2D eigenvalue weighted by atomic mass is 10.1. The number of alkyl halides is 3. The second-order valence-corrected chi connectivity index (χ2v) is 4.64. The largest absolute Gasteiger partial charge is 0.294 e. The summed E-state index contributed by atoms with van der Waals surface area (Å²) >= 11 is 6.24. The van der Waals surface area contributed by atoms with Crippen LogP contribution in [0.1, 0.15) is 28.8 Å². The Kier molecular flexibility index (Phi) is 4.86. The maximum absolute atomic E-state index is 12.4. The third kappa shape index (κ3) is 3.65. The highest BCUT2D eigenvalue weighted by Gasteiger charge is 2.12. The zero-order valence-corrected chi connectivity index (χ0v) is 10.8. The van der Waals surface area contributed by atoms with Gasteiger partial charge in [0.2, 0.25) is 0 Å². The molecule has 0 aliphatic carbocycles. The zero-order valence-electron chi connectivity index (χ0n) is 7.64. The molecule has 1 aromatic rings. The minimum absolute atomic E-state index is 0.137. The van der Waals surface area contributed by atoms with Crippen molar-refractivity contribution in [2.75, 3.05) is 5.33 Å². The van der Waals surface area contributed by atoms with Crippen molar-refractivity contribution in [3.8, 4) is 0 Å². The molecule has 15 heavy (non-hydrogen) atoms. The van der Waals surface area contributed by atoms with Gasteiger partial charge in [-0.1, -0.05) is 31.9 Å². The van der Waals surface area contributed by atoms with Gasteiger partial charge in [-0.2, -0.15) is 0 Å². The number of carbonyl (C=O) groups is 1. The van der Waals surface area contributed by atoms with E-state index >= 15 is 0 Å². The van der Waals surface area contributed by atoms with Crippen LogP contribution in [-0.4, -0.2) is 11.1 Å². The Morgan fingerprint density at radius 3 is 2.53 bits per heavy atom. The molecule has 0 unspecified atom stereocenters. The lowest BCUT2D eigenvalue weighted by molar-refractivity contribution is 0.0989. The van der Waals surface area contributed by atoms with Crippen LogP contribution < -0.4 is 0 Å². The summed E-state index contributed by atoms with van der Waals surface area (Å²) in [5.74, 6) is -0.143. The number of benzene rings is 1. The van der Waals surface area contributed by atoms with E-state index in [1.165, 1.54) is 12.1 Å². The van der Waals surface area contributed by atoms with Crippen LogP contribution in [-0.2, 0) is 0 Å². The van der Waals surface area contributed by atoms with Crippen molar-refractivity contribution in [1.82, 2.24) is 0 Å². The number of ketones is 1. The molecular weight excluding hydrogens is 334 g/mol. The van der Waals surface area contributed by atoms with Crippen LogP contribution in [0.4, 0.5) is 8.78 Å². The second kappa shape index (κ2) is 5.70. The first-order chi connectivity index (χ1) is 7.04. The lowest BCUT2D eigenvalue weighted by Crippen LogP contribution is -2.01. The van der Waals surface area contributed by atoms with Gasteiger partial charge >= 0.3 is 0 Å². The summed E-state index contributed by atoms with van der Waals surface area (Å²) in [5.41, 5.74) is 0.182. The first-order valence-electron chi connectivity index (χ1n) is 4.22. The van der Waals surface area contributed by atoms with E-state index in [9.17, 15) is 13.6 Å². The highest BCUT2D eigenvalue weighted by Crippen LogP contribution is 2.25. The molecule has 1 aromatic carbocycles. The van der Waals surface area contributed by atoms with E-state index in [1.54, 1.807) is 6.07 Å². The van der Waals surface area contributed by atoms with Crippen LogP contribution in [0.3, 0.4) is 0 Å². The van der Waals surface area contributed by atoms with Crippen molar-refractivity contribution in [2.24, 2.45) is 0 Å². The van der Waals surface area contributed by atoms with Gasteiger partial charge in [0.15, 0.2) is 5.78 Å². The Balaban J connectivity index is 3.03. The van der Waals surface area contributed by atoms with Crippen molar-refractivity contribution in [3.05, 3.63) is 33.8 Å². The van der Waals surface area contributed by atoms with Gasteiger partial charge in [0.25, 0.3) is 6.43 Å². The minimum Gasteiger partial charge on any atom is -0.294 e. The van der Waals surface area contributed by atoms with Gasteiger partial charge < -0.3 is 0 Å². The fraction of sp³-hybridized carbons (Fsp3) is 0.300. The van der Waals surface area contributed by atoms with E-state index in [-0.39, 0.29) is 11.3 Å².